The van der Waals surface area contributed by atoms with Gasteiger partial charge in [0.2, 0.25) is 0 Å². The molecule has 1 aromatic carbocycles. The SMILES string of the molecule is NCc1ccc([N+](=O)[O-])c([N+](=O)[O-])c1[N+](=O)[O-]. The Morgan fingerprint density at radius 1 is 0.941 bits per heavy atom. The molecule has 1 aromatic rings. The zero-order valence-corrected chi connectivity index (χ0v) is 8.23. The van der Waals surface area contributed by atoms with Crippen LogP contribution in [0.15, 0.2) is 12.1 Å². The van der Waals surface area contributed by atoms with Gasteiger partial charge in [0, 0.05) is 12.6 Å². The standard InChI is InChI=1S/C7H6N4O6/c8-3-4-1-2-5(9(12)13)7(11(16)17)6(4)10(14)15/h1-2H,3,8H2. The van der Waals surface area contributed by atoms with Crippen molar-refractivity contribution in [2.45, 2.75) is 6.54 Å². The van der Waals surface area contributed by atoms with E-state index in [1.165, 1.54) is 0 Å². The molecular formula is C7H6N4O6. The van der Waals surface area contributed by atoms with Crippen molar-refractivity contribution in [3.8, 4) is 0 Å². The summed E-state index contributed by atoms with van der Waals surface area (Å²) >= 11 is 0. The molecule has 0 atom stereocenters. The maximum atomic E-state index is 10.7. The molecule has 0 aliphatic carbocycles. The summed E-state index contributed by atoms with van der Waals surface area (Å²) < 4.78 is 0. The average Bonchev–Trinajstić information content (AvgIpc) is 2.26. The van der Waals surface area contributed by atoms with Gasteiger partial charge >= 0.3 is 17.1 Å². The quantitative estimate of drug-likeness (QED) is 0.606. The predicted molar refractivity (Wildman–Crippen MR) is 54.3 cm³/mol. The van der Waals surface area contributed by atoms with E-state index in [0.29, 0.717) is 0 Å². The van der Waals surface area contributed by atoms with E-state index in [9.17, 15) is 30.3 Å². The van der Waals surface area contributed by atoms with Crippen LogP contribution in [0.5, 0.6) is 0 Å². The highest BCUT2D eigenvalue weighted by Crippen LogP contribution is 2.38. The monoisotopic (exact) mass is 242 g/mol. The van der Waals surface area contributed by atoms with E-state index in [-0.39, 0.29) is 12.1 Å². The minimum atomic E-state index is -1.16. The Morgan fingerprint density at radius 2 is 1.47 bits per heavy atom. The zero-order chi connectivity index (χ0) is 13.2. The number of hydrogen-bond acceptors (Lipinski definition) is 7. The third-order valence-corrected chi connectivity index (χ3v) is 2.00. The molecule has 0 bridgehead atoms. The number of rotatable bonds is 4. The zero-order valence-electron chi connectivity index (χ0n) is 8.23. The van der Waals surface area contributed by atoms with Crippen molar-refractivity contribution in [3.63, 3.8) is 0 Å². The lowest BCUT2D eigenvalue weighted by Gasteiger charge is -2.01. The van der Waals surface area contributed by atoms with Crippen LogP contribution in [0, 0.1) is 30.3 Å². The minimum Gasteiger partial charge on any atom is -0.326 e. The first-order valence-corrected chi connectivity index (χ1v) is 4.19. The first-order chi connectivity index (χ1) is 7.90. The molecule has 0 heterocycles. The van der Waals surface area contributed by atoms with Crippen molar-refractivity contribution < 1.29 is 14.8 Å². The van der Waals surface area contributed by atoms with Crippen LogP contribution < -0.4 is 5.73 Å². The molecule has 10 heteroatoms. The van der Waals surface area contributed by atoms with Crippen LogP contribution in [0.25, 0.3) is 0 Å². The van der Waals surface area contributed by atoms with Gasteiger partial charge < -0.3 is 5.73 Å². The highest BCUT2D eigenvalue weighted by Gasteiger charge is 2.37. The van der Waals surface area contributed by atoms with Gasteiger partial charge in [-0.1, -0.05) is 0 Å². The highest BCUT2D eigenvalue weighted by atomic mass is 16.6. The van der Waals surface area contributed by atoms with Crippen molar-refractivity contribution in [1.82, 2.24) is 0 Å². The van der Waals surface area contributed by atoms with E-state index in [2.05, 4.69) is 0 Å². The fourth-order valence-electron chi connectivity index (χ4n) is 1.31. The van der Waals surface area contributed by atoms with E-state index in [4.69, 9.17) is 5.73 Å². The van der Waals surface area contributed by atoms with Crippen LogP contribution in [0.4, 0.5) is 17.1 Å². The van der Waals surface area contributed by atoms with E-state index in [1.807, 2.05) is 0 Å². The maximum absolute atomic E-state index is 10.7. The number of benzene rings is 1. The van der Waals surface area contributed by atoms with Crippen LogP contribution in [-0.4, -0.2) is 14.8 Å². The molecule has 0 aromatic heterocycles. The summed E-state index contributed by atoms with van der Waals surface area (Å²) in [6.07, 6.45) is 0. The number of nitro groups is 3. The van der Waals surface area contributed by atoms with Gasteiger partial charge in [-0.25, -0.2) is 0 Å². The van der Waals surface area contributed by atoms with Crippen LogP contribution in [0.2, 0.25) is 0 Å². The lowest BCUT2D eigenvalue weighted by atomic mass is 10.1. The highest BCUT2D eigenvalue weighted by molar-refractivity contribution is 5.69. The fraction of sp³-hybridized carbons (Fsp3) is 0.143. The normalized spacial score (nSPS) is 9.94. The maximum Gasteiger partial charge on any atom is 0.422 e. The fourth-order valence-corrected chi connectivity index (χ4v) is 1.31. The largest absolute Gasteiger partial charge is 0.422 e. The smallest absolute Gasteiger partial charge is 0.326 e. The lowest BCUT2D eigenvalue weighted by molar-refractivity contribution is -0.441. The van der Waals surface area contributed by atoms with Gasteiger partial charge in [0.25, 0.3) is 0 Å². The Balaban J connectivity index is 3.71. The van der Waals surface area contributed by atoms with Crippen molar-refractivity contribution >= 4 is 17.1 Å². The second kappa shape index (κ2) is 4.49. The molecule has 0 radical (unpaired) electrons. The van der Waals surface area contributed by atoms with Crippen molar-refractivity contribution in [2.75, 3.05) is 0 Å². The van der Waals surface area contributed by atoms with E-state index in [1.54, 1.807) is 0 Å². The first kappa shape index (κ1) is 12.4. The second-order valence-corrected chi connectivity index (χ2v) is 2.92. The third-order valence-electron chi connectivity index (χ3n) is 2.00. The lowest BCUT2D eigenvalue weighted by Crippen LogP contribution is -2.07. The molecular weight excluding hydrogens is 236 g/mol. The summed E-state index contributed by atoms with van der Waals surface area (Å²) in [4.78, 5) is 28.7. The number of nitro benzene ring substituents is 3. The molecule has 0 spiro atoms. The number of nitrogens with zero attached hydrogens (tertiary/aromatic N) is 3. The summed E-state index contributed by atoms with van der Waals surface area (Å²) in [5, 5.41) is 31.9. The Bertz CT molecular complexity index is 513. The van der Waals surface area contributed by atoms with E-state index < -0.39 is 31.8 Å². The van der Waals surface area contributed by atoms with Crippen LogP contribution in [0.1, 0.15) is 5.56 Å². The number of hydrogen-bond donors (Lipinski definition) is 1. The molecule has 10 nitrogen and oxygen atoms in total. The number of nitrogens with two attached hydrogens (primary N) is 1. The molecule has 90 valence electrons. The molecule has 17 heavy (non-hydrogen) atoms. The minimum absolute atomic E-state index is 0.132. The van der Waals surface area contributed by atoms with Crippen LogP contribution in [0.3, 0.4) is 0 Å². The Kier molecular flexibility index (Phi) is 3.29. The summed E-state index contributed by atoms with van der Waals surface area (Å²) in [5.41, 5.74) is 2.03. The van der Waals surface area contributed by atoms with Gasteiger partial charge in [-0.15, -0.1) is 0 Å². The molecule has 0 aliphatic heterocycles. The first-order valence-electron chi connectivity index (χ1n) is 4.19. The summed E-state index contributed by atoms with van der Waals surface area (Å²) in [5.74, 6) is 0. The molecule has 0 fully saturated rings. The van der Waals surface area contributed by atoms with Gasteiger partial charge in [-0.05, 0) is 6.07 Å². The molecule has 0 saturated heterocycles. The van der Waals surface area contributed by atoms with Crippen LogP contribution >= 0.6 is 0 Å². The van der Waals surface area contributed by atoms with Gasteiger partial charge in [0.05, 0.1) is 20.3 Å². The van der Waals surface area contributed by atoms with Crippen LogP contribution in [-0.2, 0) is 6.54 Å². The van der Waals surface area contributed by atoms with Gasteiger partial charge in [-0.3, -0.25) is 30.3 Å². The third kappa shape index (κ3) is 2.15. The van der Waals surface area contributed by atoms with Crippen molar-refractivity contribution in [3.05, 3.63) is 48.0 Å². The van der Waals surface area contributed by atoms with Gasteiger partial charge in [0.15, 0.2) is 0 Å². The van der Waals surface area contributed by atoms with Crippen molar-refractivity contribution in [1.29, 1.82) is 0 Å². The molecule has 0 unspecified atom stereocenters. The molecule has 2 N–H and O–H groups in total. The summed E-state index contributed by atoms with van der Waals surface area (Å²) in [6.45, 7) is -0.324. The molecule has 0 aliphatic rings. The van der Waals surface area contributed by atoms with Crippen molar-refractivity contribution in [2.24, 2.45) is 5.73 Å². The van der Waals surface area contributed by atoms with E-state index >= 15 is 0 Å². The molecule has 1 rings (SSSR count). The van der Waals surface area contributed by atoms with Gasteiger partial charge in [0.1, 0.15) is 0 Å². The van der Waals surface area contributed by atoms with E-state index in [0.717, 1.165) is 12.1 Å². The second-order valence-electron chi connectivity index (χ2n) is 2.92. The predicted octanol–water partition coefficient (Wildman–Crippen LogP) is 0.870. The average molecular weight is 242 g/mol. The van der Waals surface area contributed by atoms with Gasteiger partial charge in [-0.2, -0.15) is 0 Å². The molecule has 0 saturated carbocycles. The summed E-state index contributed by atoms with van der Waals surface area (Å²) in [6, 6.07) is 1.86. The summed E-state index contributed by atoms with van der Waals surface area (Å²) in [7, 11) is 0. The Labute approximate surface area is 93.1 Å². The Morgan fingerprint density at radius 3 is 1.82 bits per heavy atom. The Hall–Kier alpha value is -2.62. The topological polar surface area (TPSA) is 155 Å². The molecule has 0 amide bonds.